The smallest absolute Gasteiger partial charge is 0.245 e. The van der Waals surface area contributed by atoms with Gasteiger partial charge in [-0.25, -0.2) is 0 Å². The van der Waals surface area contributed by atoms with Gasteiger partial charge in [0.2, 0.25) is 10.3 Å². The van der Waals surface area contributed by atoms with Crippen molar-refractivity contribution >= 4 is 15.9 Å². The molecule has 0 N–H and O–H groups in total. The van der Waals surface area contributed by atoms with Crippen molar-refractivity contribution in [1.29, 1.82) is 0 Å². The third-order valence-corrected chi connectivity index (χ3v) is 18.1. The van der Waals surface area contributed by atoms with E-state index >= 15 is 0 Å². The van der Waals surface area contributed by atoms with Crippen molar-refractivity contribution in [1.82, 2.24) is 9.90 Å². The molecule has 0 aliphatic rings. The molecule has 0 aliphatic carbocycles. The molecule has 4 nitrogen and oxygen atoms in total. The van der Waals surface area contributed by atoms with Gasteiger partial charge in [0, 0.05) is 15.9 Å². The maximum absolute atomic E-state index is 6.74. The molecule has 0 aliphatic heterocycles. The van der Waals surface area contributed by atoms with E-state index in [1.165, 1.54) is 72.3 Å². The maximum Gasteiger partial charge on any atom is 0.245 e. The van der Waals surface area contributed by atoms with Crippen LogP contribution in [0.2, 0.25) is 0 Å². The highest BCUT2D eigenvalue weighted by atomic mass is 79.9. The average Bonchev–Trinajstić information content (AvgIpc) is 3.25. The first-order valence-corrected chi connectivity index (χ1v) is 30.7. The predicted octanol–water partition coefficient (Wildman–Crippen LogP) is 19.6. The molecule has 0 fully saturated rings. The molecule has 0 spiro atoms. The SMILES string of the molecule is C[n+]1nn(-c2ccc(C(c3ccc(C(C)(C)C)cc3)(c3ccc(C(C)(C)C)cc3)c3ccc(C(C)(C)C)cc3)cc2)c(Br)c1COc1ccc(C(c2ccc(C(C)(C)C)cc2)(c2ccc(C(C)(C)C)cc2)c2ccc(C(C)(C)C)cc2)cc1. The second-order valence-electron chi connectivity index (χ2n) is 29.5. The number of halogens is 1. The third-order valence-electron chi connectivity index (χ3n) is 17.3. The van der Waals surface area contributed by atoms with Crippen molar-refractivity contribution in [3.8, 4) is 11.4 Å². The Hall–Kier alpha value is -6.82. The van der Waals surface area contributed by atoms with E-state index in [-0.39, 0.29) is 32.5 Å². The highest BCUT2D eigenvalue weighted by molar-refractivity contribution is 9.10. The van der Waals surface area contributed by atoms with Crippen LogP contribution in [0.4, 0.5) is 0 Å². The first-order chi connectivity index (χ1) is 38.7. The van der Waals surface area contributed by atoms with E-state index in [1.807, 2.05) is 16.4 Å². The average molecular weight is 1170 g/mol. The maximum atomic E-state index is 6.74. The summed E-state index contributed by atoms with van der Waals surface area (Å²) in [5.41, 5.74) is 18.1. The van der Waals surface area contributed by atoms with E-state index in [4.69, 9.17) is 9.95 Å². The van der Waals surface area contributed by atoms with Crippen LogP contribution in [0, 0.1) is 0 Å². The van der Waals surface area contributed by atoms with Gasteiger partial charge in [0.05, 0.1) is 16.0 Å². The molecule has 9 aromatic rings. The standard InChI is InChI=1S/C78H91BrN3O/c1-71(2,3)53-20-32-59(33-21-53)77(60-34-22-54(23-35-60)72(4,5)6,61-36-24-55(25-37-61)73(7,8)9)65-44-48-67(49-45-65)82-70(79)69(81(19)80-82)52-83-68-50-46-66(47-51-68)78(62-38-26-56(27-39-62)74(10,11)12,63-40-28-57(29-41-63)75(13,14)15)64-42-30-58(31-43-64)76(16,17)18/h20-51H,52H2,1-19H3/q+1. The Morgan fingerprint density at radius 1 is 0.313 bits per heavy atom. The molecule has 5 heteroatoms. The van der Waals surface area contributed by atoms with Crippen LogP contribution in [0.25, 0.3) is 5.69 Å². The van der Waals surface area contributed by atoms with Gasteiger partial charge in [-0.1, -0.05) is 299 Å². The molecule has 9 rings (SSSR count). The number of benzene rings is 8. The molecule has 0 radical (unpaired) electrons. The molecule has 0 saturated heterocycles. The lowest BCUT2D eigenvalue weighted by Crippen LogP contribution is -2.36. The minimum atomic E-state index is -0.632. The van der Waals surface area contributed by atoms with Gasteiger partial charge in [-0.3, -0.25) is 0 Å². The molecular weight excluding hydrogens is 1070 g/mol. The number of rotatable bonds is 12. The lowest BCUT2D eigenvalue weighted by Gasteiger charge is -2.38. The first kappa shape index (κ1) is 60.8. The van der Waals surface area contributed by atoms with Crippen LogP contribution in [0.5, 0.6) is 5.75 Å². The Morgan fingerprint density at radius 3 is 0.723 bits per heavy atom. The molecular formula is C78H91BrN3O+. The zero-order valence-electron chi connectivity index (χ0n) is 53.3. The Morgan fingerprint density at radius 2 is 0.506 bits per heavy atom. The van der Waals surface area contributed by atoms with E-state index in [0.29, 0.717) is 6.61 Å². The van der Waals surface area contributed by atoms with Crippen molar-refractivity contribution in [2.45, 2.75) is 175 Å². The van der Waals surface area contributed by atoms with E-state index in [9.17, 15) is 0 Å². The van der Waals surface area contributed by atoms with Crippen molar-refractivity contribution in [3.05, 3.63) is 282 Å². The molecule has 0 atom stereocenters. The van der Waals surface area contributed by atoms with E-state index < -0.39 is 10.8 Å². The van der Waals surface area contributed by atoms with E-state index in [0.717, 1.165) is 27.3 Å². The lowest BCUT2D eigenvalue weighted by molar-refractivity contribution is -0.739. The van der Waals surface area contributed by atoms with Crippen molar-refractivity contribution in [2.24, 2.45) is 7.05 Å². The van der Waals surface area contributed by atoms with Gasteiger partial charge in [0.25, 0.3) is 0 Å². The fraction of sp³-hybridized carbons (Fsp3) is 0.359. The number of aryl methyl sites for hydroxylation is 1. The van der Waals surface area contributed by atoms with Crippen LogP contribution < -0.4 is 9.42 Å². The first-order valence-electron chi connectivity index (χ1n) is 29.9. The van der Waals surface area contributed by atoms with Gasteiger partial charge in [0.15, 0.2) is 12.3 Å². The summed E-state index contributed by atoms with van der Waals surface area (Å²) in [6.07, 6.45) is 0. The Bertz CT molecular complexity index is 3380. The summed E-state index contributed by atoms with van der Waals surface area (Å²) < 4.78 is 11.5. The highest BCUT2D eigenvalue weighted by Gasteiger charge is 2.41. The van der Waals surface area contributed by atoms with Crippen LogP contribution in [0.1, 0.15) is 208 Å². The summed E-state index contributed by atoms with van der Waals surface area (Å²) in [6.45, 7) is 41.4. The number of aromatic nitrogens is 3. The monoisotopic (exact) mass is 1160 g/mol. The Balaban J connectivity index is 1.09. The number of hydrogen-bond donors (Lipinski definition) is 0. The van der Waals surface area contributed by atoms with Gasteiger partial charge >= 0.3 is 0 Å². The van der Waals surface area contributed by atoms with Gasteiger partial charge in [0.1, 0.15) is 12.8 Å². The predicted molar refractivity (Wildman–Crippen MR) is 352 cm³/mol. The Labute approximate surface area is 507 Å². The summed E-state index contributed by atoms with van der Waals surface area (Å²) >= 11 is 4.01. The number of ether oxygens (including phenoxy) is 1. The van der Waals surface area contributed by atoms with Crippen LogP contribution in [0.15, 0.2) is 199 Å². The topological polar surface area (TPSA) is 30.9 Å². The highest BCUT2D eigenvalue weighted by Crippen LogP contribution is 2.49. The second kappa shape index (κ2) is 22.3. The van der Waals surface area contributed by atoms with Crippen LogP contribution in [0.3, 0.4) is 0 Å². The second-order valence-corrected chi connectivity index (χ2v) is 30.2. The quantitative estimate of drug-likeness (QED) is 0.0902. The van der Waals surface area contributed by atoms with E-state index in [1.54, 1.807) is 0 Å². The molecule has 1 aromatic heterocycles. The molecule has 83 heavy (non-hydrogen) atoms. The summed E-state index contributed by atoms with van der Waals surface area (Å²) in [5.74, 6) is 0.777. The fourth-order valence-corrected chi connectivity index (χ4v) is 12.6. The number of nitrogens with zero attached hydrogens (tertiary/aromatic N) is 3. The lowest BCUT2D eigenvalue weighted by atomic mass is 9.64. The molecule has 430 valence electrons. The minimum absolute atomic E-state index is 0.0136. The zero-order valence-corrected chi connectivity index (χ0v) is 54.9. The van der Waals surface area contributed by atoms with Crippen LogP contribution >= 0.6 is 15.9 Å². The van der Waals surface area contributed by atoms with Crippen molar-refractivity contribution in [2.75, 3.05) is 0 Å². The van der Waals surface area contributed by atoms with Crippen molar-refractivity contribution < 1.29 is 9.42 Å². The summed E-state index contributed by atoms with van der Waals surface area (Å²) in [4.78, 5) is 0. The normalized spacial score (nSPS) is 13.1. The fourth-order valence-electron chi connectivity index (χ4n) is 11.9. The summed E-state index contributed by atoms with van der Waals surface area (Å²) in [6, 6.07) is 73.9. The van der Waals surface area contributed by atoms with Gasteiger partial charge in [-0.15, -0.1) is 4.68 Å². The third kappa shape index (κ3) is 12.1. The zero-order chi connectivity index (χ0) is 60.3. The summed E-state index contributed by atoms with van der Waals surface area (Å²) in [5, 5.41) is 5.07. The largest absolute Gasteiger partial charge is 0.485 e. The van der Waals surface area contributed by atoms with Gasteiger partial charge in [-0.2, -0.15) is 0 Å². The molecule has 0 bridgehead atoms. The number of hydrogen-bond acceptors (Lipinski definition) is 2. The minimum Gasteiger partial charge on any atom is -0.485 e. The van der Waals surface area contributed by atoms with Crippen LogP contribution in [-0.4, -0.2) is 9.90 Å². The molecule has 8 aromatic carbocycles. The summed E-state index contributed by atoms with van der Waals surface area (Å²) in [7, 11) is 1.99. The molecule has 1 heterocycles. The molecule has 0 amide bonds. The van der Waals surface area contributed by atoms with Gasteiger partial charge < -0.3 is 4.74 Å². The molecule has 0 unspecified atom stereocenters. The van der Waals surface area contributed by atoms with Crippen LogP contribution in [-0.2, 0) is 57.0 Å². The van der Waals surface area contributed by atoms with Crippen molar-refractivity contribution in [3.63, 3.8) is 0 Å². The van der Waals surface area contributed by atoms with E-state index in [2.05, 4.69) is 335 Å². The Kier molecular flexibility index (Phi) is 16.3. The molecule has 0 saturated carbocycles. The van der Waals surface area contributed by atoms with Gasteiger partial charge in [-0.05, 0) is 135 Å².